The van der Waals surface area contributed by atoms with E-state index in [1.807, 2.05) is 24.3 Å². The molecule has 0 aliphatic heterocycles. The number of aryl methyl sites for hydroxylation is 2. The largest absolute Gasteiger partial charge is 0.247 e. The summed E-state index contributed by atoms with van der Waals surface area (Å²) in [4.78, 5) is 0. The van der Waals surface area contributed by atoms with Gasteiger partial charge in [0.15, 0.2) is 9.84 Å². The second-order valence-corrected chi connectivity index (χ2v) is 9.84. The Kier molecular flexibility index (Phi) is 5.28. The van der Waals surface area contributed by atoms with Crippen molar-refractivity contribution in [2.24, 2.45) is 0 Å². The zero-order valence-corrected chi connectivity index (χ0v) is 15.7. The van der Waals surface area contributed by atoms with Crippen LogP contribution < -0.4 is 0 Å². The fraction of sp³-hybridized carbons (Fsp3) is 0.429. The highest BCUT2D eigenvalue weighted by Gasteiger charge is 2.20. The normalized spacial score (nSPS) is 17.0. The van der Waals surface area contributed by atoms with Gasteiger partial charge < -0.3 is 0 Å². The third-order valence-corrected chi connectivity index (χ3v) is 7.14. The van der Waals surface area contributed by atoms with Crippen LogP contribution in [0, 0.1) is 0 Å². The van der Waals surface area contributed by atoms with Crippen molar-refractivity contribution in [1.82, 2.24) is 0 Å². The molecule has 4 heteroatoms. The molecule has 0 aromatic heterocycles. The first-order valence-electron chi connectivity index (χ1n) is 8.87. The van der Waals surface area contributed by atoms with Crippen molar-refractivity contribution >= 4 is 9.84 Å². The Morgan fingerprint density at radius 3 is 2.16 bits per heavy atom. The minimum atomic E-state index is -3.06. The van der Waals surface area contributed by atoms with Crippen molar-refractivity contribution in [2.75, 3.05) is 0 Å². The molecule has 0 fully saturated rings. The lowest BCUT2D eigenvalue weighted by molar-refractivity contribution is 0.349. The van der Waals surface area contributed by atoms with Gasteiger partial charge in [-0.25, -0.2) is 12.8 Å². The first kappa shape index (κ1) is 18.1. The summed E-state index contributed by atoms with van der Waals surface area (Å²) in [6, 6.07) is 14.1. The summed E-state index contributed by atoms with van der Waals surface area (Å²) in [6.07, 6.45) is 2.18. The molecule has 2 aromatic rings. The summed E-state index contributed by atoms with van der Waals surface area (Å²) in [7, 11) is -3.06. The number of rotatable bonds is 6. The predicted molar refractivity (Wildman–Crippen MR) is 100 cm³/mol. The topological polar surface area (TPSA) is 34.1 Å². The molecule has 2 aromatic carbocycles. The summed E-state index contributed by atoms with van der Waals surface area (Å²) in [5, 5.41) is -0.351. The third-order valence-electron chi connectivity index (χ3n) is 4.96. The van der Waals surface area contributed by atoms with Gasteiger partial charge in [0.25, 0.3) is 0 Å². The van der Waals surface area contributed by atoms with Gasteiger partial charge in [0.2, 0.25) is 0 Å². The summed E-state index contributed by atoms with van der Waals surface area (Å²) in [6.45, 7) is 3.43. The van der Waals surface area contributed by atoms with Crippen LogP contribution in [-0.2, 0) is 41.3 Å². The van der Waals surface area contributed by atoms with Crippen LogP contribution in [0.1, 0.15) is 41.7 Å². The van der Waals surface area contributed by atoms with E-state index in [-0.39, 0.29) is 11.0 Å². The van der Waals surface area contributed by atoms with Crippen LogP contribution in [0.3, 0.4) is 0 Å². The number of hydrogen-bond donors (Lipinski definition) is 0. The Bertz CT molecular complexity index is 839. The van der Waals surface area contributed by atoms with Crippen LogP contribution in [0.25, 0.3) is 0 Å². The lowest BCUT2D eigenvalue weighted by atomic mass is 10.00. The SMILES string of the molecule is CC(C)S(=O)(=O)Cc1ccc(CCc2ccc3c(c2)CC(F)C3)cc1. The predicted octanol–water partition coefficient (Wildman–Crippen LogP) is 4.23. The maximum atomic E-state index is 13.5. The second-order valence-electron chi connectivity index (χ2n) is 7.28. The highest BCUT2D eigenvalue weighted by molar-refractivity contribution is 7.91. The van der Waals surface area contributed by atoms with Gasteiger partial charge in [-0.05, 0) is 54.5 Å². The third kappa shape index (κ3) is 4.49. The molecule has 1 aliphatic rings. The maximum absolute atomic E-state index is 13.5. The van der Waals surface area contributed by atoms with Gasteiger partial charge in [-0.15, -0.1) is 0 Å². The number of hydrogen-bond acceptors (Lipinski definition) is 2. The van der Waals surface area contributed by atoms with E-state index in [0.717, 1.165) is 29.5 Å². The van der Waals surface area contributed by atoms with Gasteiger partial charge in [-0.2, -0.15) is 0 Å². The average molecular weight is 360 g/mol. The molecule has 1 atom stereocenters. The Morgan fingerprint density at radius 1 is 0.920 bits per heavy atom. The van der Waals surface area contributed by atoms with Crippen LogP contribution in [0.4, 0.5) is 4.39 Å². The van der Waals surface area contributed by atoms with Crippen molar-refractivity contribution in [3.05, 3.63) is 70.3 Å². The van der Waals surface area contributed by atoms with Crippen LogP contribution in [0.5, 0.6) is 0 Å². The molecule has 3 rings (SSSR count). The summed E-state index contributed by atoms with van der Waals surface area (Å²) >= 11 is 0. The van der Waals surface area contributed by atoms with Crippen LogP contribution in [-0.4, -0.2) is 19.8 Å². The van der Waals surface area contributed by atoms with Gasteiger partial charge in [0, 0.05) is 12.8 Å². The summed E-state index contributed by atoms with van der Waals surface area (Å²) in [5.41, 5.74) is 5.56. The van der Waals surface area contributed by atoms with Gasteiger partial charge >= 0.3 is 0 Å². The first-order chi connectivity index (χ1) is 11.8. The van der Waals surface area contributed by atoms with E-state index in [0.29, 0.717) is 12.8 Å². The molecule has 0 saturated carbocycles. The Morgan fingerprint density at radius 2 is 1.48 bits per heavy atom. The van der Waals surface area contributed by atoms with E-state index in [1.165, 1.54) is 11.1 Å². The first-order valence-corrected chi connectivity index (χ1v) is 10.6. The number of halogens is 1. The van der Waals surface area contributed by atoms with Gasteiger partial charge in [-0.1, -0.05) is 42.5 Å². The van der Waals surface area contributed by atoms with E-state index >= 15 is 0 Å². The second kappa shape index (κ2) is 7.28. The standard InChI is InChI=1S/C21H25FO2S/c1-15(2)25(23,24)14-18-7-4-16(5-8-18)3-6-17-9-10-19-12-21(22)13-20(19)11-17/h4-5,7-11,15,21H,3,6,12-14H2,1-2H3. The molecule has 0 N–H and O–H groups in total. The van der Waals surface area contributed by atoms with Gasteiger partial charge in [0.1, 0.15) is 6.17 Å². The lowest BCUT2D eigenvalue weighted by Crippen LogP contribution is -2.15. The highest BCUT2D eigenvalue weighted by atomic mass is 32.2. The monoisotopic (exact) mass is 360 g/mol. The molecule has 0 radical (unpaired) electrons. The lowest BCUT2D eigenvalue weighted by Gasteiger charge is -2.09. The number of sulfone groups is 1. The minimum Gasteiger partial charge on any atom is -0.247 e. The molecular formula is C21H25FO2S. The van der Waals surface area contributed by atoms with E-state index < -0.39 is 16.0 Å². The van der Waals surface area contributed by atoms with E-state index in [9.17, 15) is 12.8 Å². The summed E-state index contributed by atoms with van der Waals surface area (Å²) < 4.78 is 37.4. The van der Waals surface area contributed by atoms with Crippen LogP contribution in [0.2, 0.25) is 0 Å². The average Bonchev–Trinajstić information content (AvgIpc) is 2.93. The number of alkyl halides is 1. The van der Waals surface area contributed by atoms with E-state index in [2.05, 4.69) is 18.2 Å². The number of fused-ring (bicyclic) bond motifs is 1. The van der Waals surface area contributed by atoms with Crippen molar-refractivity contribution in [2.45, 2.75) is 56.7 Å². The smallest absolute Gasteiger partial charge is 0.156 e. The van der Waals surface area contributed by atoms with Crippen LogP contribution >= 0.6 is 0 Å². The molecule has 2 nitrogen and oxygen atoms in total. The summed E-state index contributed by atoms with van der Waals surface area (Å²) in [5.74, 6) is 0.0974. The molecule has 1 unspecified atom stereocenters. The minimum absolute atomic E-state index is 0.0974. The van der Waals surface area contributed by atoms with Gasteiger partial charge in [0.05, 0.1) is 11.0 Å². The van der Waals surface area contributed by atoms with Crippen LogP contribution in [0.15, 0.2) is 42.5 Å². The molecule has 1 aliphatic carbocycles. The van der Waals surface area contributed by atoms with Crippen molar-refractivity contribution < 1.29 is 12.8 Å². The van der Waals surface area contributed by atoms with Gasteiger partial charge in [-0.3, -0.25) is 0 Å². The molecule has 0 bridgehead atoms. The Labute approximate surface area is 150 Å². The maximum Gasteiger partial charge on any atom is 0.156 e. The molecule has 0 spiro atoms. The molecule has 0 amide bonds. The van der Waals surface area contributed by atoms with Crippen molar-refractivity contribution in [1.29, 1.82) is 0 Å². The fourth-order valence-corrected chi connectivity index (χ4v) is 4.25. The van der Waals surface area contributed by atoms with Crippen molar-refractivity contribution in [3.8, 4) is 0 Å². The molecule has 25 heavy (non-hydrogen) atoms. The van der Waals surface area contributed by atoms with E-state index in [4.69, 9.17) is 0 Å². The van der Waals surface area contributed by atoms with Crippen molar-refractivity contribution in [3.63, 3.8) is 0 Å². The Hall–Kier alpha value is -1.68. The quantitative estimate of drug-likeness (QED) is 0.772. The Balaban J connectivity index is 1.60. The zero-order chi connectivity index (χ0) is 18.0. The number of benzene rings is 2. The zero-order valence-electron chi connectivity index (χ0n) is 14.8. The molecule has 0 heterocycles. The fourth-order valence-electron chi connectivity index (χ4n) is 3.26. The molecule has 0 saturated heterocycles. The highest BCUT2D eigenvalue weighted by Crippen LogP contribution is 2.25. The molecule has 134 valence electrons. The molecular weight excluding hydrogens is 335 g/mol. The van der Waals surface area contributed by atoms with E-state index in [1.54, 1.807) is 13.8 Å².